The zero-order valence-electron chi connectivity index (χ0n) is 13.0. The van der Waals surface area contributed by atoms with Gasteiger partial charge < -0.3 is 14.5 Å². The average Bonchev–Trinajstić information content (AvgIpc) is 2.99. The molecule has 0 aromatic carbocycles. The molecule has 0 aliphatic carbocycles. The summed E-state index contributed by atoms with van der Waals surface area (Å²) in [5.74, 6) is 1.98. The third-order valence-electron chi connectivity index (χ3n) is 3.97. The Bertz CT molecular complexity index is 564. The van der Waals surface area contributed by atoms with Crippen molar-refractivity contribution in [2.45, 2.75) is 19.5 Å². The molecule has 1 saturated heterocycles. The van der Waals surface area contributed by atoms with Crippen LogP contribution in [0.1, 0.15) is 23.1 Å². The summed E-state index contributed by atoms with van der Waals surface area (Å²) >= 11 is 0. The molecule has 1 aliphatic heterocycles. The van der Waals surface area contributed by atoms with Gasteiger partial charge in [0.1, 0.15) is 11.5 Å². The van der Waals surface area contributed by atoms with Crippen molar-refractivity contribution in [3.8, 4) is 0 Å². The molecule has 1 atom stereocenters. The van der Waals surface area contributed by atoms with Crippen molar-refractivity contribution in [3.05, 3.63) is 53.7 Å². The molecule has 0 bridgehead atoms. The summed E-state index contributed by atoms with van der Waals surface area (Å²) < 4.78 is 11.3. The first-order valence-electron chi connectivity index (χ1n) is 7.80. The highest BCUT2D eigenvalue weighted by molar-refractivity contribution is 5.12. The Balaban J connectivity index is 1.63. The maximum absolute atomic E-state index is 5.87. The molecule has 1 unspecified atom stereocenters. The highest BCUT2D eigenvalue weighted by atomic mass is 16.5. The first kappa shape index (κ1) is 15.2. The molecule has 1 fully saturated rings. The SMILES string of the molecule is Cc1ccc(C(CNCc2cccnc2)N2CCOCC2)o1. The zero-order chi connectivity index (χ0) is 15.2. The molecule has 0 radical (unpaired) electrons. The van der Waals surface area contributed by atoms with Crippen LogP contribution in [0.5, 0.6) is 0 Å². The number of nitrogens with zero attached hydrogens (tertiary/aromatic N) is 2. The van der Waals surface area contributed by atoms with Crippen LogP contribution in [-0.4, -0.2) is 42.7 Å². The number of morpholine rings is 1. The van der Waals surface area contributed by atoms with Crippen LogP contribution in [0, 0.1) is 6.92 Å². The molecule has 0 amide bonds. The fraction of sp³-hybridized carbons (Fsp3) is 0.471. The molecule has 3 rings (SSSR count). The number of rotatable bonds is 6. The number of pyridine rings is 1. The van der Waals surface area contributed by atoms with Crippen LogP contribution in [0.2, 0.25) is 0 Å². The van der Waals surface area contributed by atoms with Crippen LogP contribution < -0.4 is 5.32 Å². The van der Waals surface area contributed by atoms with Gasteiger partial charge in [-0.25, -0.2) is 0 Å². The minimum atomic E-state index is 0.245. The summed E-state index contributed by atoms with van der Waals surface area (Å²) in [6.45, 7) is 7.12. The standard InChI is InChI=1S/C17H23N3O2/c1-14-4-5-17(22-14)16(20-7-9-21-10-8-20)13-19-12-15-3-2-6-18-11-15/h2-6,11,16,19H,7-10,12-13H2,1H3. The van der Waals surface area contributed by atoms with Crippen LogP contribution in [-0.2, 0) is 11.3 Å². The van der Waals surface area contributed by atoms with Crippen molar-refractivity contribution in [2.24, 2.45) is 0 Å². The quantitative estimate of drug-likeness (QED) is 0.886. The van der Waals surface area contributed by atoms with Crippen molar-refractivity contribution < 1.29 is 9.15 Å². The lowest BCUT2D eigenvalue weighted by Gasteiger charge is -2.33. The summed E-state index contributed by atoms with van der Waals surface area (Å²) in [5, 5.41) is 3.52. The number of aryl methyl sites for hydroxylation is 1. The monoisotopic (exact) mass is 301 g/mol. The highest BCUT2D eigenvalue weighted by Gasteiger charge is 2.24. The first-order chi connectivity index (χ1) is 10.8. The van der Waals surface area contributed by atoms with Crippen molar-refractivity contribution in [1.29, 1.82) is 0 Å². The number of hydrogen-bond acceptors (Lipinski definition) is 5. The van der Waals surface area contributed by atoms with Gasteiger partial charge in [0.2, 0.25) is 0 Å². The van der Waals surface area contributed by atoms with E-state index in [1.807, 2.05) is 25.3 Å². The van der Waals surface area contributed by atoms with Gasteiger partial charge in [-0.1, -0.05) is 6.07 Å². The molecule has 22 heavy (non-hydrogen) atoms. The molecular weight excluding hydrogens is 278 g/mol. The summed E-state index contributed by atoms with van der Waals surface area (Å²) in [4.78, 5) is 6.58. The van der Waals surface area contributed by atoms with Gasteiger partial charge in [-0.15, -0.1) is 0 Å². The lowest BCUT2D eigenvalue weighted by molar-refractivity contribution is 0.0115. The number of ether oxygens (including phenoxy) is 1. The van der Waals surface area contributed by atoms with Gasteiger partial charge in [-0.05, 0) is 30.7 Å². The van der Waals surface area contributed by atoms with Gasteiger partial charge in [-0.3, -0.25) is 9.88 Å². The minimum absolute atomic E-state index is 0.245. The Morgan fingerprint density at radius 2 is 2.14 bits per heavy atom. The topological polar surface area (TPSA) is 50.5 Å². The molecule has 0 spiro atoms. The molecule has 2 aromatic heterocycles. The Labute approximate surface area is 131 Å². The van der Waals surface area contributed by atoms with E-state index in [0.29, 0.717) is 0 Å². The second kappa shape index (κ2) is 7.54. The molecule has 1 aliphatic rings. The van der Waals surface area contributed by atoms with Crippen LogP contribution in [0.15, 0.2) is 41.1 Å². The summed E-state index contributed by atoms with van der Waals surface area (Å²) in [7, 11) is 0. The predicted molar refractivity (Wildman–Crippen MR) is 84.5 cm³/mol. The fourth-order valence-electron chi connectivity index (χ4n) is 2.79. The highest BCUT2D eigenvalue weighted by Crippen LogP contribution is 2.23. The van der Waals surface area contributed by atoms with E-state index in [1.54, 1.807) is 6.20 Å². The van der Waals surface area contributed by atoms with E-state index in [1.165, 1.54) is 5.56 Å². The van der Waals surface area contributed by atoms with Gasteiger partial charge in [0.25, 0.3) is 0 Å². The summed E-state index contributed by atoms with van der Waals surface area (Å²) in [5.41, 5.74) is 1.19. The number of furan rings is 1. The van der Waals surface area contributed by atoms with Crippen molar-refractivity contribution in [2.75, 3.05) is 32.8 Å². The zero-order valence-corrected chi connectivity index (χ0v) is 13.0. The third-order valence-corrected chi connectivity index (χ3v) is 3.97. The molecular formula is C17H23N3O2. The van der Waals surface area contributed by atoms with Crippen LogP contribution >= 0.6 is 0 Å². The van der Waals surface area contributed by atoms with E-state index in [9.17, 15) is 0 Å². The Kier molecular flexibility index (Phi) is 5.21. The lowest BCUT2D eigenvalue weighted by Crippen LogP contribution is -2.42. The van der Waals surface area contributed by atoms with Crippen molar-refractivity contribution in [1.82, 2.24) is 15.2 Å². The second-order valence-corrected chi connectivity index (χ2v) is 5.60. The Morgan fingerprint density at radius 3 is 2.82 bits per heavy atom. The summed E-state index contributed by atoms with van der Waals surface area (Å²) in [6, 6.07) is 8.41. The maximum atomic E-state index is 5.87. The molecule has 5 nitrogen and oxygen atoms in total. The normalized spacial score (nSPS) is 17.5. The van der Waals surface area contributed by atoms with Gasteiger partial charge >= 0.3 is 0 Å². The molecule has 3 heterocycles. The number of aromatic nitrogens is 1. The molecule has 0 saturated carbocycles. The molecule has 1 N–H and O–H groups in total. The molecule has 118 valence electrons. The average molecular weight is 301 g/mol. The van der Waals surface area contributed by atoms with E-state index in [2.05, 4.69) is 27.3 Å². The molecule has 5 heteroatoms. The predicted octanol–water partition coefficient (Wildman–Crippen LogP) is 2.15. The van der Waals surface area contributed by atoms with E-state index in [4.69, 9.17) is 9.15 Å². The van der Waals surface area contributed by atoms with E-state index >= 15 is 0 Å². The third kappa shape index (κ3) is 3.94. The number of nitrogens with one attached hydrogen (secondary N) is 1. The minimum Gasteiger partial charge on any atom is -0.465 e. The lowest BCUT2D eigenvalue weighted by atomic mass is 10.1. The molecule has 2 aromatic rings. The van der Waals surface area contributed by atoms with Crippen LogP contribution in [0.3, 0.4) is 0 Å². The number of hydrogen-bond donors (Lipinski definition) is 1. The Morgan fingerprint density at radius 1 is 1.27 bits per heavy atom. The largest absolute Gasteiger partial charge is 0.465 e. The van der Waals surface area contributed by atoms with Gasteiger partial charge in [0.15, 0.2) is 0 Å². The Hall–Kier alpha value is -1.69. The van der Waals surface area contributed by atoms with Crippen LogP contribution in [0.4, 0.5) is 0 Å². The fourth-order valence-corrected chi connectivity index (χ4v) is 2.79. The van der Waals surface area contributed by atoms with E-state index in [-0.39, 0.29) is 6.04 Å². The van der Waals surface area contributed by atoms with Crippen molar-refractivity contribution >= 4 is 0 Å². The first-order valence-corrected chi connectivity index (χ1v) is 7.80. The maximum Gasteiger partial charge on any atom is 0.122 e. The van der Waals surface area contributed by atoms with Gasteiger partial charge in [0, 0.05) is 38.6 Å². The van der Waals surface area contributed by atoms with Crippen molar-refractivity contribution in [3.63, 3.8) is 0 Å². The van der Waals surface area contributed by atoms with Gasteiger partial charge in [-0.2, -0.15) is 0 Å². The smallest absolute Gasteiger partial charge is 0.122 e. The van der Waals surface area contributed by atoms with Crippen LogP contribution in [0.25, 0.3) is 0 Å². The van der Waals surface area contributed by atoms with E-state index in [0.717, 1.165) is 50.9 Å². The van der Waals surface area contributed by atoms with Gasteiger partial charge in [0.05, 0.1) is 19.3 Å². The van der Waals surface area contributed by atoms with E-state index < -0.39 is 0 Å². The summed E-state index contributed by atoms with van der Waals surface area (Å²) in [6.07, 6.45) is 3.69. The second-order valence-electron chi connectivity index (χ2n) is 5.60.